The van der Waals surface area contributed by atoms with E-state index < -0.39 is 0 Å². The van der Waals surface area contributed by atoms with Gasteiger partial charge in [-0.25, -0.2) is 9.98 Å². The molecule has 1 saturated heterocycles. The minimum atomic E-state index is -0.161. The molecule has 0 amide bonds. The third-order valence-corrected chi connectivity index (χ3v) is 4.70. The Bertz CT molecular complexity index is 484. The van der Waals surface area contributed by atoms with E-state index in [9.17, 15) is 0 Å². The number of aryl methyl sites for hydroxylation is 1. The van der Waals surface area contributed by atoms with Gasteiger partial charge in [0, 0.05) is 57.3 Å². The van der Waals surface area contributed by atoms with Crippen molar-refractivity contribution in [3.63, 3.8) is 0 Å². The number of aliphatic imine (C=N–C) groups is 1. The Morgan fingerprint density at radius 1 is 1.45 bits per heavy atom. The molecule has 0 bridgehead atoms. The molecule has 2 heterocycles. The van der Waals surface area contributed by atoms with Gasteiger partial charge >= 0.3 is 0 Å². The summed E-state index contributed by atoms with van der Waals surface area (Å²) in [6.45, 7) is 7.77. The Morgan fingerprint density at radius 2 is 2.23 bits per heavy atom. The predicted molar refractivity (Wildman–Crippen MR) is 89.5 cm³/mol. The van der Waals surface area contributed by atoms with E-state index in [1.807, 2.05) is 6.20 Å². The molecule has 1 fully saturated rings. The predicted octanol–water partition coefficient (Wildman–Crippen LogP) is 1.70. The maximum Gasteiger partial charge on any atom is 0.191 e. The standard InChI is InChI=1S/C15H26N4O2S/c1-4-16-14(18-10-13-17-9-12(2)22-13)19-11-15(20-3)5-7-21-8-6-15/h9H,4-8,10-11H2,1-3H3,(H2,16,18,19). The summed E-state index contributed by atoms with van der Waals surface area (Å²) < 4.78 is 11.2. The van der Waals surface area contributed by atoms with Crippen molar-refractivity contribution in [2.45, 2.75) is 38.8 Å². The van der Waals surface area contributed by atoms with Crippen LogP contribution in [0.3, 0.4) is 0 Å². The molecule has 0 aromatic carbocycles. The van der Waals surface area contributed by atoms with E-state index in [0.717, 1.165) is 50.1 Å². The number of thiazole rings is 1. The maximum absolute atomic E-state index is 5.74. The van der Waals surface area contributed by atoms with Gasteiger partial charge in [0.05, 0.1) is 12.1 Å². The molecule has 1 aliphatic heterocycles. The summed E-state index contributed by atoms with van der Waals surface area (Å²) in [5.74, 6) is 0.804. The average Bonchev–Trinajstić information content (AvgIpc) is 2.96. The van der Waals surface area contributed by atoms with Crippen molar-refractivity contribution in [1.82, 2.24) is 15.6 Å². The van der Waals surface area contributed by atoms with Crippen LogP contribution in [0.15, 0.2) is 11.2 Å². The molecular weight excluding hydrogens is 300 g/mol. The first-order valence-electron chi connectivity index (χ1n) is 7.74. The second-order valence-electron chi connectivity index (χ2n) is 5.41. The highest BCUT2D eigenvalue weighted by atomic mass is 32.1. The van der Waals surface area contributed by atoms with Gasteiger partial charge < -0.3 is 20.1 Å². The molecule has 1 aliphatic rings. The lowest BCUT2D eigenvalue weighted by molar-refractivity contribution is -0.0855. The van der Waals surface area contributed by atoms with Crippen molar-refractivity contribution < 1.29 is 9.47 Å². The van der Waals surface area contributed by atoms with E-state index in [-0.39, 0.29) is 5.60 Å². The topological polar surface area (TPSA) is 67.8 Å². The summed E-state index contributed by atoms with van der Waals surface area (Å²) in [5, 5.41) is 7.69. The van der Waals surface area contributed by atoms with Crippen LogP contribution in [0.5, 0.6) is 0 Å². The fourth-order valence-electron chi connectivity index (χ4n) is 2.40. The fraction of sp³-hybridized carbons (Fsp3) is 0.733. The highest BCUT2D eigenvalue weighted by Gasteiger charge is 2.32. The molecule has 0 radical (unpaired) electrons. The molecule has 0 spiro atoms. The van der Waals surface area contributed by atoms with Crippen LogP contribution >= 0.6 is 11.3 Å². The molecule has 2 N–H and O–H groups in total. The Morgan fingerprint density at radius 3 is 2.82 bits per heavy atom. The van der Waals surface area contributed by atoms with E-state index in [4.69, 9.17) is 9.47 Å². The van der Waals surface area contributed by atoms with Crippen LogP contribution in [0.25, 0.3) is 0 Å². The molecule has 22 heavy (non-hydrogen) atoms. The largest absolute Gasteiger partial charge is 0.381 e. The van der Waals surface area contributed by atoms with Gasteiger partial charge in [0.1, 0.15) is 5.01 Å². The van der Waals surface area contributed by atoms with Gasteiger partial charge in [-0.15, -0.1) is 11.3 Å². The Labute approximate surface area is 136 Å². The second-order valence-corrected chi connectivity index (χ2v) is 6.73. The summed E-state index contributed by atoms with van der Waals surface area (Å²) in [6, 6.07) is 0. The van der Waals surface area contributed by atoms with Crippen LogP contribution < -0.4 is 10.6 Å². The zero-order valence-corrected chi connectivity index (χ0v) is 14.5. The van der Waals surface area contributed by atoms with Crippen molar-refractivity contribution >= 4 is 17.3 Å². The number of methoxy groups -OCH3 is 1. The Balaban J connectivity index is 1.92. The van der Waals surface area contributed by atoms with Crippen LogP contribution in [-0.2, 0) is 16.0 Å². The SMILES string of the molecule is CCNC(=NCc1ncc(C)s1)NCC1(OC)CCOCC1. The van der Waals surface area contributed by atoms with E-state index in [0.29, 0.717) is 6.54 Å². The number of guanidine groups is 1. The van der Waals surface area contributed by atoms with Gasteiger partial charge in [0.15, 0.2) is 5.96 Å². The number of rotatable bonds is 6. The highest BCUT2D eigenvalue weighted by molar-refractivity contribution is 7.11. The quantitative estimate of drug-likeness (QED) is 0.615. The number of aromatic nitrogens is 1. The van der Waals surface area contributed by atoms with Crippen molar-refractivity contribution in [2.75, 3.05) is 33.4 Å². The monoisotopic (exact) mass is 326 g/mol. The molecule has 7 heteroatoms. The minimum Gasteiger partial charge on any atom is -0.381 e. The van der Waals surface area contributed by atoms with Crippen LogP contribution in [-0.4, -0.2) is 50.0 Å². The lowest BCUT2D eigenvalue weighted by atomic mass is 9.94. The molecule has 2 rings (SSSR count). The summed E-state index contributed by atoms with van der Waals surface area (Å²) in [5.41, 5.74) is -0.161. The number of nitrogens with zero attached hydrogens (tertiary/aromatic N) is 2. The Hall–Kier alpha value is -1.18. The molecule has 0 aliphatic carbocycles. The number of ether oxygens (including phenoxy) is 2. The van der Waals surface area contributed by atoms with Gasteiger partial charge in [-0.05, 0) is 13.8 Å². The van der Waals surface area contributed by atoms with Crippen molar-refractivity contribution in [3.05, 3.63) is 16.1 Å². The van der Waals surface area contributed by atoms with Crippen LogP contribution in [0.2, 0.25) is 0 Å². The third-order valence-electron chi connectivity index (χ3n) is 3.80. The van der Waals surface area contributed by atoms with Gasteiger partial charge in [-0.3, -0.25) is 0 Å². The molecule has 1 aromatic rings. The molecular formula is C15H26N4O2S. The first kappa shape index (κ1) is 17.2. The summed E-state index contributed by atoms with van der Waals surface area (Å²) >= 11 is 1.68. The van der Waals surface area contributed by atoms with E-state index >= 15 is 0 Å². The molecule has 6 nitrogen and oxygen atoms in total. The number of hydrogen-bond donors (Lipinski definition) is 2. The summed E-state index contributed by atoms with van der Waals surface area (Å²) in [4.78, 5) is 10.2. The van der Waals surface area contributed by atoms with Crippen molar-refractivity contribution in [2.24, 2.45) is 4.99 Å². The smallest absolute Gasteiger partial charge is 0.191 e. The highest BCUT2D eigenvalue weighted by Crippen LogP contribution is 2.23. The van der Waals surface area contributed by atoms with Crippen LogP contribution in [0.4, 0.5) is 0 Å². The second kappa shape index (κ2) is 8.45. The zero-order chi connectivity index (χ0) is 15.8. The van der Waals surface area contributed by atoms with E-state index in [1.54, 1.807) is 18.4 Å². The zero-order valence-electron chi connectivity index (χ0n) is 13.6. The minimum absolute atomic E-state index is 0.161. The van der Waals surface area contributed by atoms with Crippen LogP contribution in [0.1, 0.15) is 29.7 Å². The first-order valence-corrected chi connectivity index (χ1v) is 8.55. The van der Waals surface area contributed by atoms with Crippen LogP contribution in [0, 0.1) is 6.92 Å². The normalized spacial score (nSPS) is 18.2. The summed E-state index contributed by atoms with van der Waals surface area (Å²) in [7, 11) is 1.77. The average molecular weight is 326 g/mol. The van der Waals surface area contributed by atoms with Gasteiger partial charge in [0.2, 0.25) is 0 Å². The molecule has 0 saturated carbocycles. The van der Waals surface area contributed by atoms with Crippen molar-refractivity contribution in [1.29, 1.82) is 0 Å². The van der Waals surface area contributed by atoms with E-state index in [1.165, 1.54) is 4.88 Å². The van der Waals surface area contributed by atoms with Crippen molar-refractivity contribution in [3.8, 4) is 0 Å². The van der Waals surface area contributed by atoms with Gasteiger partial charge in [0.25, 0.3) is 0 Å². The first-order chi connectivity index (χ1) is 10.7. The Kier molecular flexibility index (Phi) is 6.60. The van der Waals surface area contributed by atoms with Gasteiger partial charge in [-0.2, -0.15) is 0 Å². The lowest BCUT2D eigenvalue weighted by Crippen LogP contribution is -2.50. The summed E-state index contributed by atoms with van der Waals surface area (Å²) in [6.07, 6.45) is 3.70. The van der Waals surface area contributed by atoms with Gasteiger partial charge in [-0.1, -0.05) is 0 Å². The number of hydrogen-bond acceptors (Lipinski definition) is 5. The fourth-order valence-corrected chi connectivity index (χ4v) is 3.12. The molecule has 1 aromatic heterocycles. The third kappa shape index (κ3) is 4.93. The lowest BCUT2D eigenvalue weighted by Gasteiger charge is -2.36. The molecule has 124 valence electrons. The molecule has 0 atom stereocenters. The molecule has 0 unspecified atom stereocenters. The number of nitrogens with one attached hydrogen (secondary N) is 2. The van der Waals surface area contributed by atoms with E-state index in [2.05, 4.69) is 34.5 Å². The maximum atomic E-state index is 5.74.